The Balaban J connectivity index is 1.50. The molecular formula is C23H23N5O4S. The largest absolute Gasteiger partial charge is 0.378 e. The zero-order chi connectivity index (χ0) is 23.2. The number of carbonyl (C=O) groups is 1. The Morgan fingerprint density at radius 2 is 1.85 bits per heavy atom. The Labute approximate surface area is 195 Å². The van der Waals surface area contributed by atoms with Crippen LogP contribution in [0.25, 0.3) is 0 Å². The minimum atomic E-state index is -0.477. The van der Waals surface area contributed by atoms with E-state index in [1.807, 2.05) is 12.1 Å². The predicted octanol–water partition coefficient (Wildman–Crippen LogP) is 3.92. The van der Waals surface area contributed by atoms with Gasteiger partial charge in [-0.15, -0.1) is 0 Å². The second kappa shape index (κ2) is 10.4. The van der Waals surface area contributed by atoms with E-state index in [-0.39, 0.29) is 16.6 Å². The van der Waals surface area contributed by atoms with Crippen LogP contribution in [0, 0.1) is 10.1 Å². The number of nitro groups is 1. The predicted molar refractivity (Wildman–Crippen MR) is 126 cm³/mol. The van der Waals surface area contributed by atoms with Crippen molar-refractivity contribution in [3.63, 3.8) is 0 Å². The van der Waals surface area contributed by atoms with Gasteiger partial charge in [0.2, 0.25) is 5.91 Å². The molecule has 170 valence electrons. The molecule has 1 aliphatic rings. The Morgan fingerprint density at radius 1 is 1.15 bits per heavy atom. The fourth-order valence-corrected chi connectivity index (χ4v) is 4.31. The van der Waals surface area contributed by atoms with Crippen molar-refractivity contribution in [2.45, 2.75) is 23.3 Å². The first-order valence-electron chi connectivity index (χ1n) is 10.5. The molecule has 0 saturated carbocycles. The Morgan fingerprint density at radius 3 is 2.48 bits per heavy atom. The number of morpholine rings is 1. The summed E-state index contributed by atoms with van der Waals surface area (Å²) in [5.74, 6) is 0.349. The van der Waals surface area contributed by atoms with Gasteiger partial charge in [-0.1, -0.05) is 23.9 Å². The van der Waals surface area contributed by atoms with E-state index >= 15 is 0 Å². The van der Waals surface area contributed by atoms with Crippen LogP contribution in [0.2, 0.25) is 0 Å². The molecule has 1 amide bonds. The highest BCUT2D eigenvalue weighted by Crippen LogP contribution is 2.33. The van der Waals surface area contributed by atoms with E-state index in [2.05, 4.69) is 32.3 Å². The molecule has 4 rings (SSSR count). The quantitative estimate of drug-likeness (QED) is 0.318. The number of ether oxygens (including phenoxy) is 1. The van der Waals surface area contributed by atoms with Gasteiger partial charge in [-0.25, -0.2) is 9.97 Å². The molecule has 0 radical (unpaired) electrons. The van der Waals surface area contributed by atoms with Gasteiger partial charge in [0.1, 0.15) is 12.0 Å². The number of nitrogens with zero attached hydrogens (tertiary/aromatic N) is 4. The standard InChI is InChI=1S/C23H23N5O4S/c1-16(29)25-18-4-8-20(9-5-18)33-23-21(28(30)31)15-24-22(26-23)14-17-2-6-19(7-3-17)27-10-12-32-13-11-27/h2-9,15H,10-14H2,1H3,(H,25,29). The number of amides is 1. The van der Waals surface area contributed by atoms with Crippen LogP contribution >= 0.6 is 11.8 Å². The molecule has 0 spiro atoms. The maximum atomic E-state index is 11.5. The highest BCUT2D eigenvalue weighted by atomic mass is 32.2. The van der Waals surface area contributed by atoms with Gasteiger partial charge in [0, 0.05) is 42.7 Å². The number of carbonyl (C=O) groups excluding carboxylic acids is 1. The lowest BCUT2D eigenvalue weighted by atomic mass is 10.1. The highest BCUT2D eigenvalue weighted by Gasteiger charge is 2.19. The number of anilines is 2. The second-order valence-corrected chi connectivity index (χ2v) is 8.55. The van der Waals surface area contributed by atoms with Gasteiger partial charge in [0.15, 0.2) is 5.03 Å². The van der Waals surface area contributed by atoms with Crippen molar-refractivity contribution in [1.29, 1.82) is 0 Å². The molecule has 1 saturated heterocycles. The summed E-state index contributed by atoms with van der Waals surface area (Å²) in [6.07, 6.45) is 1.73. The van der Waals surface area contributed by atoms with Gasteiger partial charge in [0.25, 0.3) is 0 Å². The molecule has 33 heavy (non-hydrogen) atoms. The van der Waals surface area contributed by atoms with Crippen molar-refractivity contribution in [1.82, 2.24) is 9.97 Å². The first kappa shape index (κ1) is 22.7. The molecule has 1 fully saturated rings. The number of rotatable bonds is 7. The van der Waals surface area contributed by atoms with Crippen molar-refractivity contribution in [3.05, 3.63) is 76.2 Å². The number of nitrogens with one attached hydrogen (secondary N) is 1. The van der Waals surface area contributed by atoms with Gasteiger partial charge < -0.3 is 15.0 Å². The fourth-order valence-electron chi connectivity index (χ4n) is 3.43. The highest BCUT2D eigenvalue weighted by molar-refractivity contribution is 7.99. The summed E-state index contributed by atoms with van der Waals surface area (Å²) in [5.41, 5.74) is 2.68. The topological polar surface area (TPSA) is 110 Å². The van der Waals surface area contributed by atoms with Crippen molar-refractivity contribution < 1.29 is 14.5 Å². The third-order valence-electron chi connectivity index (χ3n) is 5.05. The van der Waals surface area contributed by atoms with Crippen molar-refractivity contribution >= 4 is 34.7 Å². The summed E-state index contributed by atoms with van der Waals surface area (Å²) in [6.45, 7) is 4.64. The Kier molecular flexibility index (Phi) is 7.16. The van der Waals surface area contributed by atoms with Crippen LogP contribution < -0.4 is 10.2 Å². The van der Waals surface area contributed by atoms with Gasteiger partial charge in [0.05, 0.1) is 18.1 Å². The van der Waals surface area contributed by atoms with E-state index < -0.39 is 4.92 Å². The fraction of sp³-hybridized carbons (Fsp3) is 0.261. The summed E-state index contributed by atoms with van der Waals surface area (Å²) in [6, 6.07) is 15.3. The third-order valence-corrected chi connectivity index (χ3v) is 6.05. The molecule has 0 unspecified atom stereocenters. The number of aromatic nitrogens is 2. The second-order valence-electron chi connectivity index (χ2n) is 7.48. The lowest BCUT2D eigenvalue weighted by molar-refractivity contribution is -0.388. The van der Waals surface area contributed by atoms with E-state index in [0.29, 0.717) is 17.9 Å². The van der Waals surface area contributed by atoms with Gasteiger partial charge in [-0.05, 0) is 42.0 Å². The van der Waals surface area contributed by atoms with Crippen molar-refractivity contribution in [2.24, 2.45) is 0 Å². The molecule has 3 aromatic rings. The molecule has 2 heterocycles. The summed E-state index contributed by atoms with van der Waals surface area (Å²) in [4.78, 5) is 33.9. The van der Waals surface area contributed by atoms with Crippen LogP contribution in [0.5, 0.6) is 0 Å². The van der Waals surface area contributed by atoms with E-state index in [4.69, 9.17) is 4.74 Å². The van der Waals surface area contributed by atoms with Crippen molar-refractivity contribution in [3.8, 4) is 0 Å². The number of benzene rings is 2. The van der Waals surface area contributed by atoms with E-state index in [1.165, 1.54) is 24.9 Å². The molecular weight excluding hydrogens is 442 g/mol. The summed E-state index contributed by atoms with van der Waals surface area (Å²) >= 11 is 1.19. The average molecular weight is 466 g/mol. The molecule has 0 aliphatic carbocycles. The summed E-state index contributed by atoms with van der Waals surface area (Å²) in [7, 11) is 0. The van der Waals surface area contributed by atoms with E-state index in [9.17, 15) is 14.9 Å². The molecule has 1 aliphatic heterocycles. The SMILES string of the molecule is CC(=O)Nc1ccc(Sc2nc(Cc3ccc(N4CCOCC4)cc3)ncc2[N+](=O)[O-])cc1. The monoisotopic (exact) mass is 465 g/mol. The number of hydrogen-bond donors (Lipinski definition) is 1. The van der Waals surface area contributed by atoms with Gasteiger partial charge in [-0.2, -0.15) is 0 Å². The zero-order valence-corrected chi connectivity index (χ0v) is 18.9. The molecule has 10 heteroatoms. The Bertz CT molecular complexity index is 1130. The lowest BCUT2D eigenvalue weighted by Crippen LogP contribution is -2.36. The van der Waals surface area contributed by atoms with Crippen LogP contribution in [-0.4, -0.2) is 47.1 Å². The van der Waals surface area contributed by atoms with Crippen LogP contribution in [-0.2, 0) is 16.0 Å². The van der Waals surface area contributed by atoms with Crippen LogP contribution in [0.4, 0.5) is 17.1 Å². The third kappa shape index (κ3) is 6.05. The first-order valence-corrected chi connectivity index (χ1v) is 11.3. The first-order chi connectivity index (χ1) is 16.0. The smallest absolute Gasteiger partial charge is 0.319 e. The van der Waals surface area contributed by atoms with E-state index in [1.54, 1.807) is 24.3 Å². The zero-order valence-electron chi connectivity index (χ0n) is 18.1. The van der Waals surface area contributed by atoms with E-state index in [0.717, 1.165) is 42.4 Å². The van der Waals surface area contributed by atoms with Gasteiger partial charge >= 0.3 is 5.69 Å². The molecule has 0 bridgehead atoms. The Hall–Kier alpha value is -3.50. The average Bonchev–Trinajstić information content (AvgIpc) is 2.81. The molecule has 1 N–H and O–H groups in total. The minimum Gasteiger partial charge on any atom is -0.378 e. The van der Waals surface area contributed by atoms with Crippen molar-refractivity contribution in [2.75, 3.05) is 36.5 Å². The van der Waals surface area contributed by atoms with Gasteiger partial charge in [-0.3, -0.25) is 14.9 Å². The lowest BCUT2D eigenvalue weighted by Gasteiger charge is -2.28. The van der Waals surface area contributed by atoms with Crippen LogP contribution in [0.3, 0.4) is 0 Å². The normalized spacial score (nSPS) is 13.5. The van der Waals surface area contributed by atoms with Crippen LogP contribution in [0.15, 0.2) is 64.6 Å². The molecule has 1 aromatic heterocycles. The maximum Gasteiger partial charge on any atom is 0.319 e. The summed E-state index contributed by atoms with van der Waals surface area (Å²) in [5, 5.41) is 14.5. The summed E-state index contributed by atoms with van der Waals surface area (Å²) < 4.78 is 5.40. The molecule has 0 atom stereocenters. The van der Waals surface area contributed by atoms with Crippen LogP contribution in [0.1, 0.15) is 18.3 Å². The molecule has 2 aromatic carbocycles. The minimum absolute atomic E-state index is 0.141. The number of hydrogen-bond acceptors (Lipinski definition) is 8. The molecule has 9 nitrogen and oxygen atoms in total. The maximum absolute atomic E-state index is 11.5.